The Hall–Kier alpha value is -1.62. The number of nitrogens with zero attached hydrogens (tertiary/aromatic N) is 2. The van der Waals surface area contributed by atoms with Gasteiger partial charge in [-0.15, -0.1) is 10.2 Å². The van der Waals surface area contributed by atoms with Gasteiger partial charge in [-0.25, -0.2) is 0 Å². The van der Waals surface area contributed by atoms with Gasteiger partial charge < -0.3 is 0 Å². The van der Waals surface area contributed by atoms with Gasteiger partial charge in [0.2, 0.25) is 0 Å². The van der Waals surface area contributed by atoms with Gasteiger partial charge in [-0.2, -0.15) is 13.2 Å². The molecule has 0 unspecified atom stereocenters. The molecule has 0 saturated carbocycles. The van der Waals surface area contributed by atoms with Crippen molar-refractivity contribution in [2.24, 2.45) is 0 Å². The van der Waals surface area contributed by atoms with E-state index in [1.807, 2.05) is 0 Å². The van der Waals surface area contributed by atoms with Gasteiger partial charge >= 0.3 is 6.18 Å². The molecule has 0 fully saturated rings. The third kappa shape index (κ3) is 2.61. The number of hydrogen-bond donors (Lipinski definition) is 0. The Kier molecular flexibility index (Phi) is 3.26. The average molecular weight is 273 g/mol. The molecule has 2 nitrogen and oxygen atoms in total. The van der Waals surface area contributed by atoms with E-state index in [0.29, 0.717) is 16.8 Å². The van der Waals surface area contributed by atoms with Crippen molar-refractivity contribution in [2.75, 3.05) is 0 Å². The van der Waals surface area contributed by atoms with Crippen LogP contribution in [0, 0.1) is 6.92 Å². The Balaban J connectivity index is 2.51. The van der Waals surface area contributed by atoms with Crippen LogP contribution < -0.4 is 0 Å². The van der Waals surface area contributed by atoms with Gasteiger partial charge in [-0.3, -0.25) is 0 Å². The van der Waals surface area contributed by atoms with Crippen LogP contribution >= 0.6 is 11.6 Å². The summed E-state index contributed by atoms with van der Waals surface area (Å²) in [4.78, 5) is 0. The minimum absolute atomic E-state index is 0.211. The quantitative estimate of drug-likeness (QED) is 0.780. The molecule has 2 aromatic rings. The van der Waals surface area contributed by atoms with Crippen molar-refractivity contribution in [1.82, 2.24) is 10.2 Å². The molecule has 0 aliphatic rings. The maximum Gasteiger partial charge on any atom is 0.416 e. The molecule has 0 bridgehead atoms. The van der Waals surface area contributed by atoms with Crippen molar-refractivity contribution in [1.29, 1.82) is 0 Å². The summed E-state index contributed by atoms with van der Waals surface area (Å²) < 4.78 is 37.8. The molecule has 6 heteroatoms. The van der Waals surface area contributed by atoms with Crippen LogP contribution in [0.15, 0.2) is 30.3 Å². The van der Waals surface area contributed by atoms with Crippen LogP contribution in [0.5, 0.6) is 0 Å². The van der Waals surface area contributed by atoms with Crippen LogP contribution in [-0.2, 0) is 6.18 Å². The van der Waals surface area contributed by atoms with Crippen molar-refractivity contribution in [3.8, 4) is 11.3 Å². The molecule has 1 aromatic heterocycles. The summed E-state index contributed by atoms with van der Waals surface area (Å²) >= 11 is 5.65. The summed E-state index contributed by atoms with van der Waals surface area (Å²) in [6.45, 7) is 1.72. The van der Waals surface area contributed by atoms with Crippen LogP contribution in [0.4, 0.5) is 13.2 Å². The van der Waals surface area contributed by atoms with E-state index in [0.717, 1.165) is 12.1 Å². The van der Waals surface area contributed by atoms with Crippen molar-refractivity contribution in [2.45, 2.75) is 13.1 Å². The van der Waals surface area contributed by atoms with E-state index < -0.39 is 11.7 Å². The Morgan fingerprint density at radius 2 is 1.83 bits per heavy atom. The highest BCUT2D eigenvalue weighted by molar-refractivity contribution is 6.29. The summed E-state index contributed by atoms with van der Waals surface area (Å²) in [6, 6.07) is 6.52. The lowest BCUT2D eigenvalue weighted by Gasteiger charge is -2.09. The van der Waals surface area contributed by atoms with Gasteiger partial charge in [0, 0.05) is 5.56 Å². The standard InChI is InChI=1S/C12H8ClF3N2/c1-7-5-10(13)17-18-11(7)8-3-2-4-9(6-8)12(14,15)16/h2-6H,1H3. The fraction of sp³-hybridized carbons (Fsp3) is 0.167. The lowest BCUT2D eigenvalue weighted by Crippen LogP contribution is -2.05. The molecule has 0 N–H and O–H groups in total. The van der Waals surface area contributed by atoms with Crippen LogP contribution in [0.25, 0.3) is 11.3 Å². The summed E-state index contributed by atoms with van der Waals surface area (Å²) in [5, 5.41) is 7.68. The second kappa shape index (κ2) is 4.57. The van der Waals surface area contributed by atoms with Crippen molar-refractivity contribution < 1.29 is 13.2 Å². The first-order chi connectivity index (χ1) is 8.38. The minimum Gasteiger partial charge on any atom is -0.166 e. The topological polar surface area (TPSA) is 25.8 Å². The summed E-state index contributed by atoms with van der Waals surface area (Å²) in [5.74, 6) is 0. The van der Waals surface area contributed by atoms with E-state index in [9.17, 15) is 13.2 Å². The molecule has 1 heterocycles. The maximum absolute atomic E-state index is 12.6. The molecule has 0 atom stereocenters. The first-order valence-corrected chi connectivity index (χ1v) is 5.43. The molecular weight excluding hydrogens is 265 g/mol. The van der Waals surface area contributed by atoms with Gasteiger partial charge in [-0.05, 0) is 30.7 Å². The summed E-state index contributed by atoms with van der Waals surface area (Å²) in [5.41, 5.74) is 0.725. The van der Waals surface area contributed by atoms with Crippen molar-refractivity contribution in [3.63, 3.8) is 0 Å². The predicted octanol–water partition coefficient (Wildman–Crippen LogP) is 4.12. The van der Waals surface area contributed by atoms with Gasteiger partial charge in [0.1, 0.15) is 0 Å². The molecule has 18 heavy (non-hydrogen) atoms. The zero-order valence-electron chi connectivity index (χ0n) is 9.29. The molecule has 0 amide bonds. The molecule has 1 aromatic carbocycles. The van der Waals surface area contributed by atoms with E-state index >= 15 is 0 Å². The van der Waals surface area contributed by atoms with Crippen LogP contribution in [0.2, 0.25) is 5.15 Å². The average Bonchev–Trinajstić information content (AvgIpc) is 2.28. The maximum atomic E-state index is 12.6. The largest absolute Gasteiger partial charge is 0.416 e. The van der Waals surface area contributed by atoms with Crippen LogP contribution in [0.1, 0.15) is 11.1 Å². The summed E-state index contributed by atoms with van der Waals surface area (Å²) in [6.07, 6.45) is -4.37. The van der Waals surface area contributed by atoms with Crippen LogP contribution in [-0.4, -0.2) is 10.2 Å². The predicted molar refractivity (Wildman–Crippen MR) is 62.2 cm³/mol. The van der Waals surface area contributed by atoms with E-state index in [2.05, 4.69) is 10.2 Å². The lowest BCUT2D eigenvalue weighted by atomic mass is 10.0. The molecule has 94 valence electrons. The highest BCUT2D eigenvalue weighted by Crippen LogP contribution is 2.32. The second-order valence-electron chi connectivity index (χ2n) is 3.78. The SMILES string of the molecule is Cc1cc(Cl)nnc1-c1cccc(C(F)(F)F)c1. The molecule has 0 aliphatic heterocycles. The highest BCUT2D eigenvalue weighted by atomic mass is 35.5. The van der Waals surface area contributed by atoms with Gasteiger partial charge in [0.25, 0.3) is 0 Å². The summed E-state index contributed by atoms with van der Waals surface area (Å²) in [7, 11) is 0. The molecule has 0 spiro atoms. The van der Waals surface area contributed by atoms with E-state index in [4.69, 9.17) is 11.6 Å². The number of aryl methyl sites for hydroxylation is 1. The van der Waals surface area contributed by atoms with Gasteiger partial charge in [0.05, 0.1) is 11.3 Å². The fourth-order valence-corrected chi connectivity index (χ4v) is 1.78. The molecule has 0 saturated heterocycles. The molecular formula is C12H8ClF3N2. The number of rotatable bonds is 1. The molecule has 0 aliphatic carbocycles. The Morgan fingerprint density at radius 1 is 1.11 bits per heavy atom. The zero-order valence-corrected chi connectivity index (χ0v) is 10.0. The first-order valence-electron chi connectivity index (χ1n) is 5.05. The third-order valence-corrected chi connectivity index (χ3v) is 2.60. The number of hydrogen-bond acceptors (Lipinski definition) is 2. The number of halogens is 4. The Labute approximate surface area is 106 Å². The third-order valence-electron chi connectivity index (χ3n) is 2.42. The molecule has 2 rings (SSSR count). The Morgan fingerprint density at radius 3 is 2.44 bits per heavy atom. The minimum atomic E-state index is -4.37. The van der Waals surface area contributed by atoms with Gasteiger partial charge in [-0.1, -0.05) is 23.7 Å². The van der Waals surface area contributed by atoms with E-state index in [1.54, 1.807) is 19.1 Å². The number of aromatic nitrogens is 2. The van der Waals surface area contributed by atoms with E-state index in [1.165, 1.54) is 6.07 Å². The Bertz CT molecular complexity index is 582. The highest BCUT2D eigenvalue weighted by Gasteiger charge is 2.30. The molecule has 0 radical (unpaired) electrons. The fourth-order valence-electron chi connectivity index (χ4n) is 1.58. The zero-order chi connectivity index (χ0) is 13.3. The van der Waals surface area contributed by atoms with Crippen LogP contribution in [0.3, 0.4) is 0 Å². The lowest BCUT2D eigenvalue weighted by molar-refractivity contribution is -0.137. The number of benzene rings is 1. The first kappa shape index (κ1) is 12.8. The number of alkyl halides is 3. The van der Waals surface area contributed by atoms with Gasteiger partial charge in [0.15, 0.2) is 5.15 Å². The smallest absolute Gasteiger partial charge is 0.166 e. The normalized spacial score (nSPS) is 11.6. The van der Waals surface area contributed by atoms with Crippen molar-refractivity contribution in [3.05, 3.63) is 46.6 Å². The van der Waals surface area contributed by atoms with Crippen molar-refractivity contribution >= 4 is 11.6 Å². The monoisotopic (exact) mass is 272 g/mol. The second-order valence-corrected chi connectivity index (χ2v) is 4.16. The van der Waals surface area contributed by atoms with E-state index in [-0.39, 0.29) is 5.15 Å².